The van der Waals surface area contributed by atoms with Gasteiger partial charge in [-0.25, -0.2) is 0 Å². The first-order chi connectivity index (χ1) is 9.12. The van der Waals surface area contributed by atoms with Crippen LogP contribution in [0, 0.1) is 6.92 Å². The number of benzene rings is 1. The summed E-state index contributed by atoms with van der Waals surface area (Å²) < 4.78 is 38.7. The molecule has 1 atom stereocenters. The van der Waals surface area contributed by atoms with Gasteiger partial charge in [0.2, 0.25) is 0 Å². The van der Waals surface area contributed by atoms with Crippen LogP contribution in [0.25, 0.3) is 0 Å². The van der Waals surface area contributed by atoms with E-state index in [0.29, 0.717) is 12.1 Å². The third kappa shape index (κ3) is 4.34. The number of carbonyl (C=O) groups excluding carboxylic acids is 1. The predicted octanol–water partition coefficient (Wildman–Crippen LogP) is 3.68. The molecule has 0 unspecified atom stereocenters. The average molecular weight is 287 g/mol. The summed E-state index contributed by atoms with van der Waals surface area (Å²) in [5.74, 6) is -0.700. The standard InChI is InChI=1S/C15H20F3NO/c1-9(2)19-8-13(11(4)20)12-6-5-10(3)14(7-12)15(16,17)18/h5-7,9,13,19H,8H2,1-4H3/t13-/m0/s1. The molecule has 0 aliphatic rings. The van der Waals surface area contributed by atoms with Gasteiger partial charge in [-0.05, 0) is 31.0 Å². The van der Waals surface area contributed by atoms with Gasteiger partial charge in [0.15, 0.2) is 0 Å². The van der Waals surface area contributed by atoms with Crippen LogP contribution in [-0.2, 0) is 11.0 Å². The lowest BCUT2D eigenvalue weighted by Gasteiger charge is -2.19. The Bertz CT molecular complexity index is 480. The molecule has 1 aromatic rings. The minimum Gasteiger partial charge on any atom is -0.313 e. The van der Waals surface area contributed by atoms with Crippen LogP contribution in [0.2, 0.25) is 0 Å². The molecule has 0 aliphatic carbocycles. The van der Waals surface area contributed by atoms with E-state index in [1.807, 2.05) is 13.8 Å². The Morgan fingerprint density at radius 2 is 1.90 bits per heavy atom. The van der Waals surface area contributed by atoms with Crippen LogP contribution in [0.3, 0.4) is 0 Å². The molecule has 1 aromatic carbocycles. The number of hydrogen-bond acceptors (Lipinski definition) is 2. The Kier molecular flexibility index (Phi) is 5.34. The molecule has 0 aliphatic heterocycles. The topological polar surface area (TPSA) is 29.1 Å². The van der Waals surface area contributed by atoms with Crippen molar-refractivity contribution in [3.05, 3.63) is 34.9 Å². The Labute approximate surface area is 117 Å². The van der Waals surface area contributed by atoms with Crippen LogP contribution >= 0.6 is 0 Å². The summed E-state index contributed by atoms with van der Waals surface area (Å²) in [6.45, 7) is 7.01. The molecule has 0 radical (unpaired) electrons. The molecule has 0 heterocycles. The minimum absolute atomic E-state index is 0.143. The number of nitrogens with one attached hydrogen (secondary N) is 1. The van der Waals surface area contributed by atoms with E-state index in [1.54, 1.807) is 6.07 Å². The van der Waals surface area contributed by atoms with Gasteiger partial charge in [0, 0.05) is 12.6 Å². The van der Waals surface area contributed by atoms with E-state index in [2.05, 4.69) is 5.32 Å². The van der Waals surface area contributed by atoms with Gasteiger partial charge in [-0.2, -0.15) is 13.2 Å². The largest absolute Gasteiger partial charge is 0.416 e. The fourth-order valence-corrected chi connectivity index (χ4v) is 2.01. The maximum Gasteiger partial charge on any atom is 0.416 e. The molecule has 0 amide bonds. The molecule has 0 saturated carbocycles. The zero-order chi connectivity index (χ0) is 15.5. The van der Waals surface area contributed by atoms with Gasteiger partial charge in [0.25, 0.3) is 0 Å². The van der Waals surface area contributed by atoms with E-state index in [4.69, 9.17) is 0 Å². The van der Waals surface area contributed by atoms with Gasteiger partial charge < -0.3 is 5.32 Å². The van der Waals surface area contributed by atoms with Crippen molar-refractivity contribution in [3.63, 3.8) is 0 Å². The molecule has 0 bridgehead atoms. The number of halogens is 3. The lowest BCUT2D eigenvalue weighted by Crippen LogP contribution is -2.31. The van der Waals surface area contributed by atoms with Crippen molar-refractivity contribution in [1.82, 2.24) is 5.32 Å². The summed E-state index contributed by atoms with van der Waals surface area (Å²) >= 11 is 0. The van der Waals surface area contributed by atoms with Crippen LogP contribution in [0.15, 0.2) is 18.2 Å². The van der Waals surface area contributed by atoms with Crippen molar-refractivity contribution in [2.24, 2.45) is 0 Å². The highest BCUT2D eigenvalue weighted by atomic mass is 19.4. The summed E-state index contributed by atoms with van der Waals surface area (Å²) in [7, 11) is 0. The van der Waals surface area contributed by atoms with Crippen LogP contribution in [0.4, 0.5) is 13.2 Å². The molecule has 2 nitrogen and oxygen atoms in total. The SMILES string of the molecule is CC(=O)[C@H](CNC(C)C)c1ccc(C)c(C(F)(F)F)c1. The summed E-state index contributed by atoms with van der Waals surface area (Å²) in [6.07, 6.45) is -4.40. The summed E-state index contributed by atoms with van der Waals surface area (Å²) in [5, 5.41) is 3.10. The maximum atomic E-state index is 12.9. The lowest BCUT2D eigenvalue weighted by atomic mass is 9.92. The first-order valence-electron chi connectivity index (χ1n) is 6.54. The Hall–Kier alpha value is -1.36. The van der Waals surface area contributed by atoms with E-state index in [9.17, 15) is 18.0 Å². The first-order valence-corrected chi connectivity index (χ1v) is 6.54. The number of carbonyl (C=O) groups is 1. The number of rotatable bonds is 5. The van der Waals surface area contributed by atoms with Crippen molar-refractivity contribution in [3.8, 4) is 0 Å². The zero-order valence-electron chi connectivity index (χ0n) is 12.1. The number of aryl methyl sites for hydroxylation is 1. The second-order valence-corrected chi connectivity index (χ2v) is 5.30. The lowest BCUT2D eigenvalue weighted by molar-refractivity contribution is -0.138. The molecular formula is C15H20F3NO. The molecule has 1 N–H and O–H groups in total. The monoisotopic (exact) mass is 287 g/mol. The highest BCUT2D eigenvalue weighted by Crippen LogP contribution is 2.33. The second-order valence-electron chi connectivity index (χ2n) is 5.30. The number of alkyl halides is 3. The van der Waals surface area contributed by atoms with Gasteiger partial charge in [0.05, 0.1) is 11.5 Å². The molecule has 5 heteroatoms. The quantitative estimate of drug-likeness (QED) is 0.895. The second kappa shape index (κ2) is 6.39. The minimum atomic E-state index is -4.40. The van der Waals surface area contributed by atoms with Gasteiger partial charge >= 0.3 is 6.18 Å². The van der Waals surface area contributed by atoms with Crippen LogP contribution in [0.5, 0.6) is 0 Å². The van der Waals surface area contributed by atoms with Crippen molar-refractivity contribution in [2.75, 3.05) is 6.54 Å². The van der Waals surface area contributed by atoms with E-state index in [1.165, 1.54) is 19.9 Å². The molecule has 0 aromatic heterocycles. The third-order valence-corrected chi connectivity index (χ3v) is 3.19. The van der Waals surface area contributed by atoms with Gasteiger partial charge in [-0.15, -0.1) is 0 Å². The predicted molar refractivity (Wildman–Crippen MR) is 72.7 cm³/mol. The van der Waals surface area contributed by atoms with E-state index in [-0.39, 0.29) is 17.4 Å². The maximum absolute atomic E-state index is 12.9. The van der Waals surface area contributed by atoms with Crippen LogP contribution in [0.1, 0.15) is 43.4 Å². The van der Waals surface area contributed by atoms with E-state index < -0.39 is 17.7 Å². The average Bonchev–Trinajstić information content (AvgIpc) is 2.28. The molecule has 20 heavy (non-hydrogen) atoms. The Morgan fingerprint density at radius 1 is 1.30 bits per heavy atom. The summed E-state index contributed by atoms with van der Waals surface area (Å²) in [5.41, 5.74) is -0.102. The number of hydrogen-bond donors (Lipinski definition) is 1. The van der Waals surface area contributed by atoms with Crippen molar-refractivity contribution in [1.29, 1.82) is 0 Å². The molecule has 0 spiro atoms. The summed E-state index contributed by atoms with van der Waals surface area (Å²) in [4.78, 5) is 11.7. The van der Waals surface area contributed by atoms with Crippen LogP contribution < -0.4 is 5.32 Å². The number of ketones is 1. The molecule has 1 rings (SSSR count). The highest BCUT2D eigenvalue weighted by molar-refractivity contribution is 5.83. The first kappa shape index (κ1) is 16.7. The highest BCUT2D eigenvalue weighted by Gasteiger charge is 2.33. The van der Waals surface area contributed by atoms with Crippen molar-refractivity contribution in [2.45, 2.75) is 45.8 Å². The van der Waals surface area contributed by atoms with E-state index in [0.717, 1.165) is 6.07 Å². The van der Waals surface area contributed by atoms with E-state index >= 15 is 0 Å². The van der Waals surface area contributed by atoms with Gasteiger partial charge in [-0.1, -0.05) is 26.0 Å². The normalized spacial score (nSPS) is 13.6. The van der Waals surface area contributed by atoms with Gasteiger partial charge in [0.1, 0.15) is 5.78 Å². The zero-order valence-corrected chi connectivity index (χ0v) is 12.1. The van der Waals surface area contributed by atoms with Crippen molar-refractivity contribution < 1.29 is 18.0 Å². The Balaban J connectivity index is 3.12. The van der Waals surface area contributed by atoms with Crippen molar-refractivity contribution >= 4 is 5.78 Å². The molecule has 0 fully saturated rings. The fraction of sp³-hybridized carbons (Fsp3) is 0.533. The Morgan fingerprint density at radius 3 is 2.35 bits per heavy atom. The fourth-order valence-electron chi connectivity index (χ4n) is 2.01. The van der Waals surface area contributed by atoms with Gasteiger partial charge in [-0.3, -0.25) is 4.79 Å². The summed E-state index contributed by atoms with van der Waals surface area (Å²) in [6, 6.07) is 4.27. The molecular weight excluding hydrogens is 267 g/mol. The van der Waals surface area contributed by atoms with Crippen LogP contribution in [-0.4, -0.2) is 18.4 Å². The molecule has 112 valence electrons. The molecule has 0 saturated heterocycles. The number of Topliss-reactive ketones (excluding diaryl/α,β-unsaturated/α-hetero) is 1. The smallest absolute Gasteiger partial charge is 0.313 e. The third-order valence-electron chi connectivity index (χ3n) is 3.19.